The summed E-state index contributed by atoms with van der Waals surface area (Å²) < 4.78 is 12.1. The lowest BCUT2D eigenvalue weighted by atomic mass is 9.79. The van der Waals surface area contributed by atoms with E-state index in [9.17, 15) is 45.3 Å². The van der Waals surface area contributed by atoms with Crippen molar-refractivity contribution in [1.29, 1.82) is 0 Å². The molecular formula is C30H20O11. The monoisotopic (exact) mass is 556 g/mol. The van der Waals surface area contributed by atoms with Crippen molar-refractivity contribution in [2.45, 2.75) is 12.0 Å². The third-order valence-corrected chi connectivity index (χ3v) is 6.94. The highest BCUT2D eigenvalue weighted by Gasteiger charge is 2.44. The number of carbonyl (C=O) groups is 1. The number of benzene rings is 4. The molecule has 0 bridgehead atoms. The Bertz CT molecular complexity index is 1940. The summed E-state index contributed by atoms with van der Waals surface area (Å²) in [6.07, 6.45) is -1.36. The third-order valence-electron chi connectivity index (χ3n) is 6.94. The zero-order chi connectivity index (χ0) is 29.2. The van der Waals surface area contributed by atoms with Crippen LogP contribution in [0.4, 0.5) is 0 Å². The van der Waals surface area contributed by atoms with Crippen LogP contribution in [0.25, 0.3) is 22.3 Å². The van der Waals surface area contributed by atoms with Crippen LogP contribution in [0.2, 0.25) is 0 Å². The second kappa shape index (κ2) is 9.12. The van der Waals surface area contributed by atoms with E-state index in [-0.39, 0.29) is 44.9 Å². The van der Waals surface area contributed by atoms with Crippen LogP contribution in [0.1, 0.15) is 33.5 Å². The molecule has 2 heterocycles. The Morgan fingerprint density at radius 3 is 2.07 bits per heavy atom. The van der Waals surface area contributed by atoms with Gasteiger partial charge in [0.25, 0.3) is 0 Å². The van der Waals surface area contributed by atoms with Gasteiger partial charge in [-0.3, -0.25) is 9.59 Å². The normalized spacial score (nSPS) is 16.3. The molecule has 0 saturated heterocycles. The van der Waals surface area contributed by atoms with E-state index in [1.807, 2.05) is 0 Å². The summed E-state index contributed by atoms with van der Waals surface area (Å²) in [6.45, 7) is 0. The van der Waals surface area contributed by atoms with E-state index < -0.39 is 57.7 Å². The molecular weight excluding hydrogens is 536 g/mol. The van der Waals surface area contributed by atoms with E-state index in [4.69, 9.17) is 9.15 Å². The van der Waals surface area contributed by atoms with Crippen LogP contribution in [0.15, 0.2) is 75.9 Å². The van der Waals surface area contributed by atoms with Crippen LogP contribution >= 0.6 is 0 Å². The van der Waals surface area contributed by atoms with Crippen molar-refractivity contribution in [3.63, 3.8) is 0 Å². The molecule has 1 aliphatic rings. The Labute approximate surface area is 229 Å². The van der Waals surface area contributed by atoms with Gasteiger partial charge in [-0.15, -0.1) is 0 Å². The molecule has 0 unspecified atom stereocenters. The number of phenols is 7. The van der Waals surface area contributed by atoms with Crippen molar-refractivity contribution in [2.75, 3.05) is 0 Å². The SMILES string of the molecule is O=C1c2c(O)cc(O)cc2O[C@H](c2ccc(O)c(O)c2)[C@H]1c1c(O)cc(O)c2c(=O)cc(-c3ccc(O)cc3)oc12. The van der Waals surface area contributed by atoms with Crippen LogP contribution in [-0.4, -0.2) is 41.5 Å². The smallest absolute Gasteiger partial charge is 0.197 e. The van der Waals surface area contributed by atoms with Gasteiger partial charge in [-0.1, -0.05) is 6.07 Å². The molecule has 0 fully saturated rings. The van der Waals surface area contributed by atoms with Crippen LogP contribution in [0, 0.1) is 0 Å². The van der Waals surface area contributed by atoms with Crippen LogP contribution < -0.4 is 10.2 Å². The Kier molecular flexibility index (Phi) is 5.66. The first kappa shape index (κ1) is 25.4. The maximum atomic E-state index is 14.1. The van der Waals surface area contributed by atoms with E-state index in [0.717, 1.165) is 36.4 Å². The number of aromatic hydroxyl groups is 7. The summed E-state index contributed by atoms with van der Waals surface area (Å²) in [5, 5.41) is 71.7. The van der Waals surface area contributed by atoms with Gasteiger partial charge < -0.3 is 44.9 Å². The molecule has 0 radical (unpaired) electrons. The lowest BCUT2D eigenvalue weighted by Gasteiger charge is -2.34. The average Bonchev–Trinajstić information content (AvgIpc) is 2.90. The van der Waals surface area contributed by atoms with Gasteiger partial charge in [-0.25, -0.2) is 0 Å². The van der Waals surface area contributed by atoms with Crippen molar-refractivity contribution in [3.05, 3.63) is 93.6 Å². The van der Waals surface area contributed by atoms with Crippen LogP contribution in [-0.2, 0) is 0 Å². The highest BCUT2D eigenvalue weighted by atomic mass is 16.5. The fourth-order valence-electron chi connectivity index (χ4n) is 5.08. The third kappa shape index (κ3) is 4.07. The number of fused-ring (bicyclic) bond motifs is 2. The van der Waals surface area contributed by atoms with Crippen molar-refractivity contribution < 1.29 is 49.7 Å². The molecule has 0 saturated carbocycles. The molecule has 6 rings (SSSR count). The average molecular weight is 556 g/mol. The fourth-order valence-corrected chi connectivity index (χ4v) is 5.08. The molecule has 0 amide bonds. The molecule has 11 nitrogen and oxygen atoms in total. The van der Waals surface area contributed by atoms with Crippen molar-refractivity contribution >= 4 is 16.8 Å². The summed E-state index contributed by atoms with van der Waals surface area (Å²) in [4.78, 5) is 27.3. The van der Waals surface area contributed by atoms with Gasteiger partial charge in [0.1, 0.15) is 62.9 Å². The number of carbonyl (C=O) groups excluding carboxylic acids is 1. The topological polar surface area (TPSA) is 198 Å². The molecule has 1 aromatic heterocycles. The zero-order valence-corrected chi connectivity index (χ0v) is 20.8. The molecule has 41 heavy (non-hydrogen) atoms. The number of rotatable bonds is 3. The molecule has 1 aliphatic heterocycles. The summed E-state index contributed by atoms with van der Waals surface area (Å²) in [7, 11) is 0. The number of ether oxygens (including phenoxy) is 1. The van der Waals surface area contributed by atoms with Crippen LogP contribution in [0.3, 0.4) is 0 Å². The Morgan fingerprint density at radius 1 is 0.634 bits per heavy atom. The Balaban J connectivity index is 1.67. The maximum absolute atomic E-state index is 14.1. The molecule has 0 aliphatic carbocycles. The lowest BCUT2D eigenvalue weighted by molar-refractivity contribution is 0.0772. The number of Topliss-reactive ketones (excluding diaryl/α,β-unsaturated/α-hetero) is 1. The minimum atomic E-state index is -1.54. The van der Waals surface area contributed by atoms with Gasteiger partial charge >= 0.3 is 0 Å². The van der Waals surface area contributed by atoms with E-state index in [1.165, 1.54) is 30.3 Å². The summed E-state index contributed by atoms with van der Waals surface area (Å²) in [5.74, 6) is -5.86. The summed E-state index contributed by atoms with van der Waals surface area (Å²) in [5.41, 5.74) is -1.15. The molecule has 5 aromatic rings. The summed E-state index contributed by atoms with van der Waals surface area (Å²) in [6, 6.07) is 13.3. The van der Waals surface area contributed by atoms with E-state index >= 15 is 0 Å². The van der Waals surface area contributed by atoms with E-state index in [0.29, 0.717) is 5.56 Å². The van der Waals surface area contributed by atoms with Gasteiger partial charge in [-0.05, 0) is 42.0 Å². The maximum Gasteiger partial charge on any atom is 0.197 e. The first-order chi connectivity index (χ1) is 19.5. The number of hydrogen-bond acceptors (Lipinski definition) is 11. The van der Waals surface area contributed by atoms with Gasteiger partial charge in [-0.2, -0.15) is 0 Å². The molecule has 11 heteroatoms. The zero-order valence-electron chi connectivity index (χ0n) is 20.8. The predicted octanol–water partition coefficient (Wildman–Crippen LogP) is 4.50. The minimum absolute atomic E-state index is 0.00933. The van der Waals surface area contributed by atoms with Gasteiger partial charge in [0.2, 0.25) is 0 Å². The Hall–Kier alpha value is -5.84. The van der Waals surface area contributed by atoms with Crippen LogP contribution in [0.5, 0.6) is 46.0 Å². The quantitative estimate of drug-likeness (QED) is 0.154. The summed E-state index contributed by atoms with van der Waals surface area (Å²) >= 11 is 0. The van der Waals surface area contributed by atoms with Gasteiger partial charge in [0.15, 0.2) is 22.7 Å². The van der Waals surface area contributed by atoms with Gasteiger partial charge in [0, 0.05) is 29.8 Å². The van der Waals surface area contributed by atoms with E-state index in [2.05, 4.69) is 0 Å². The highest BCUT2D eigenvalue weighted by molar-refractivity contribution is 6.09. The second-order valence-electron chi connectivity index (χ2n) is 9.52. The highest BCUT2D eigenvalue weighted by Crippen LogP contribution is 2.52. The number of phenolic OH excluding ortho intramolecular Hbond substituents is 7. The largest absolute Gasteiger partial charge is 0.508 e. The van der Waals surface area contributed by atoms with Crippen molar-refractivity contribution in [2.24, 2.45) is 0 Å². The van der Waals surface area contributed by atoms with Crippen molar-refractivity contribution in [1.82, 2.24) is 0 Å². The molecule has 2 atom stereocenters. The predicted molar refractivity (Wildman–Crippen MR) is 143 cm³/mol. The van der Waals surface area contributed by atoms with Crippen molar-refractivity contribution in [3.8, 4) is 57.3 Å². The Morgan fingerprint density at radius 2 is 1.37 bits per heavy atom. The molecule has 7 N–H and O–H groups in total. The van der Waals surface area contributed by atoms with E-state index in [1.54, 1.807) is 0 Å². The first-order valence-electron chi connectivity index (χ1n) is 12.1. The molecule has 206 valence electrons. The minimum Gasteiger partial charge on any atom is -0.508 e. The van der Waals surface area contributed by atoms with Gasteiger partial charge in [0.05, 0.1) is 11.5 Å². The number of ketones is 1. The molecule has 4 aromatic carbocycles. The first-order valence-corrected chi connectivity index (χ1v) is 12.1. The standard InChI is InChI=1S/C30H20O11/c31-14-4-1-12(2-5-14)22-11-21(38)24-19(36)10-20(37)26(30(24)40-22)27-28(39)25-18(35)8-15(32)9-23(25)41-29(27)13-3-6-16(33)17(34)7-13/h1-11,27,29,31-37H/t27-,29+/m0/s1. The lowest BCUT2D eigenvalue weighted by Crippen LogP contribution is -2.30. The number of hydrogen-bond donors (Lipinski definition) is 7. The molecule has 0 spiro atoms. The fraction of sp³-hybridized carbons (Fsp3) is 0.0667. The second-order valence-corrected chi connectivity index (χ2v) is 9.52.